The van der Waals surface area contributed by atoms with Crippen molar-refractivity contribution in [3.63, 3.8) is 0 Å². The fourth-order valence-electron chi connectivity index (χ4n) is 3.20. The molecule has 0 bridgehead atoms. The summed E-state index contributed by atoms with van der Waals surface area (Å²) >= 11 is 11.4. The first-order valence-corrected chi connectivity index (χ1v) is 9.35. The molecule has 31 heavy (non-hydrogen) atoms. The van der Waals surface area contributed by atoms with Crippen molar-refractivity contribution in [2.24, 2.45) is 10.1 Å². The van der Waals surface area contributed by atoms with Gasteiger partial charge in [0.15, 0.2) is 5.82 Å². The van der Waals surface area contributed by atoms with Crippen molar-refractivity contribution in [1.82, 2.24) is 14.8 Å². The Kier molecular flexibility index (Phi) is 5.22. The first-order chi connectivity index (χ1) is 14.7. The van der Waals surface area contributed by atoms with Crippen molar-refractivity contribution in [3.05, 3.63) is 70.0 Å². The normalized spacial score (nSPS) is 18.6. The fourth-order valence-corrected chi connectivity index (χ4v) is 3.69. The number of alkyl halides is 3. The van der Waals surface area contributed by atoms with Crippen LogP contribution in [0.3, 0.4) is 0 Å². The molecule has 1 aliphatic heterocycles. The van der Waals surface area contributed by atoms with Gasteiger partial charge in [-0.3, -0.25) is 4.99 Å². The van der Waals surface area contributed by atoms with Gasteiger partial charge >= 0.3 is 6.18 Å². The van der Waals surface area contributed by atoms with E-state index < -0.39 is 39.6 Å². The molecule has 6 nitrogen and oxygen atoms in total. The van der Waals surface area contributed by atoms with E-state index in [0.717, 1.165) is 12.1 Å². The minimum absolute atomic E-state index is 0.00364. The van der Waals surface area contributed by atoms with E-state index in [4.69, 9.17) is 28.0 Å². The molecule has 1 unspecified atom stereocenters. The highest BCUT2D eigenvalue weighted by atomic mass is 35.5. The van der Waals surface area contributed by atoms with Crippen molar-refractivity contribution in [2.75, 3.05) is 0 Å². The molecule has 3 aromatic rings. The van der Waals surface area contributed by atoms with Crippen molar-refractivity contribution < 1.29 is 22.4 Å². The molecule has 1 atom stereocenters. The summed E-state index contributed by atoms with van der Waals surface area (Å²) in [4.78, 5) is 12.7. The molecule has 12 heteroatoms. The second-order valence-electron chi connectivity index (χ2n) is 6.59. The number of hydrogen-bond acceptors (Lipinski definition) is 5. The van der Waals surface area contributed by atoms with Crippen LogP contribution in [0, 0.1) is 5.82 Å². The number of rotatable bonds is 4. The predicted molar refractivity (Wildman–Crippen MR) is 107 cm³/mol. The third kappa shape index (κ3) is 3.55. The van der Waals surface area contributed by atoms with E-state index in [1.807, 2.05) is 0 Å². The van der Waals surface area contributed by atoms with Crippen LogP contribution in [0.1, 0.15) is 17.5 Å². The molecule has 0 fully saturated rings. The molecule has 0 amide bonds. The molecular weight excluding hydrogens is 461 g/mol. The monoisotopic (exact) mass is 471 g/mol. The Morgan fingerprint density at radius 3 is 2.45 bits per heavy atom. The number of oxime groups is 1. The Hall–Kier alpha value is -2.98. The summed E-state index contributed by atoms with van der Waals surface area (Å²) in [5.41, 5.74) is -2.13. The van der Waals surface area contributed by atoms with Crippen molar-refractivity contribution in [3.8, 4) is 5.69 Å². The van der Waals surface area contributed by atoms with E-state index in [0.29, 0.717) is 16.9 Å². The summed E-state index contributed by atoms with van der Waals surface area (Å²) in [5, 5.41) is 6.56. The van der Waals surface area contributed by atoms with Crippen LogP contribution in [0.15, 0.2) is 53.1 Å². The zero-order valence-electron chi connectivity index (χ0n) is 15.4. The SMILES string of the molecule is C=Nc1cc(C2=NOC(c3cc(Cl)c(F)c(Cl)c3)(C(F)(F)F)C2)ccc1-n1cncn1. The molecule has 0 aliphatic carbocycles. The van der Waals surface area contributed by atoms with Gasteiger partial charge in [-0.25, -0.2) is 14.1 Å². The highest BCUT2D eigenvalue weighted by Gasteiger charge is 2.62. The molecule has 1 aliphatic rings. The summed E-state index contributed by atoms with van der Waals surface area (Å²) in [7, 11) is 0. The van der Waals surface area contributed by atoms with E-state index in [9.17, 15) is 17.6 Å². The summed E-state index contributed by atoms with van der Waals surface area (Å²) in [5.74, 6) is -1.02. The van der Waals surface area contributed by atoms with Gasteiger partial charge < -0.3 is 4.84 Å². The highest BCUT2D eigenvalue weighted by Crippen LogP contribution is 2.50. The van der Waals surface area contributed by atoms with E-state index in [-0.39, 0.29) is 5.71 Å². The molecule has 1 aromatic heterocycles. The molecule has 0 saturated heterocycles. The molecule has 0 N–H and O–H groups in total. The second-order valence-corrected chi connectivity index (χ2v) is 7.40. The minimum atomic E-state index is -4.90. The Morgan fingerprint density at radius 2 is 1.87 bits per heavy atom. The highest BCUT2D eigenvalue weighted by molar-refractivity contribution is 6.35. The summed E-state index contributed by atoms with van der Waals surface area (Å²) < 4.78 is 57.6. The van der Waals surface area contributed by atoms with Crippen molar-refractivity contribution in [1.29, 1.82) is 0 Å². The Labute approximate surface area is 182 Å². The first kappa shape index (κ1) is 21.3. The second kappa shape index (κ2) is 7.61. The number of nitrogens with zero attached hydrogens (tertiary/aromatic N) is 5. The maximum Gasteiger partial charge on any atom is 0.435 e. The van der Waals surface area contributed by atoms with Gasteiger partial charge in [0.2, 0.25) is 0 Å². The Bertz CT molecular complexity index is 1170. The van der Waals surface area contributed by atoms with Gasteiger partial charge in [0.1, 0.15) is 12.7 Å². The summed E-state index contributed by atoms with van der Waals surface area (Å²) in [6, 6.07) is 6.31. The number of aliphatic imine (C=N–C) groups is 1. The lowest BCUT2D eigenvalue weighted by atomic mass is 9.86. The molecule has 0 radical (unpaired) electrons. The van der Waals surface area contributed by atoms with Crippen LogP contribution < -0.4 is 0 Å². The zero-order valence-corrected chi connectivity index (χ0v) is 16.9. The number of benzene rings is 2. The Balaban J connectivity index is 1.74. The largest absolute Gasteiger partial charge is 0.435 e. The van der Waals surface area contributed by atoms with Gasteiger partial charge in [0, 0.05) is 17.5 Å². The van der Waals surface area contributed by atoms with Crippen LogP contribution in [0.2, 0.25) is 10.0 Å². The lowest BCUT2D eigenvalue weighted by Crippen LogP contribution is -2.42. The quantitative estimate of drug-likeness (QED) is 0.281. The van der Waals surface area contributed by atoms with Crippen LogP contribution in [0.4, 0.5) is 23.2 Å². The molecule has 0 spiro atoms. The third-order valence-corrected chi connectivity index (χ3v) is 5.33. The van der Waals surface area contributed by atoms with E-state index in [2.05, 4.69) is 26.9 Å². The lowest BCUT2D eigenvalue weighted by Gasteiger charge is -2.29. The van der Waals surface area contributed by atoms with E-state index in [1.54, 1.807) is 12.1 Å². The molecule has 2 heterocycles. The standard InChI is InChI=1S/C19H11Cl2F4N5O/c1-26-14-4-10(2-3-16(14)30-9-27-8-28-30)15-7-18(31-29-15,19(23,24)25)11-5-12(20)17(22)13(21)6-11/h2-6,8-9H,1,7H2. The first-order valence-electron chi connectivity index (χ1n) is 8.59. The molecule has 160 valence electrons. The van der Waals surface area contributed by atoms with E-state index >= 15 is 0 Å². The molecule has 0 saturated carbocycles. The number of aromatic nitrogens is 3. The summed E-state index contributed by atoms with van der Waals surface area (Å²) in [6.45, 7) is 3.48. The number of hydrogen-bond donors (Lipinski definition) is 0. The van der Waals surface area contributed by atoms with Gasteiger partial charge in [0.25, 0.3) is 5.60 Å². The van der Waals surface area contributed by atoms with Gasteiger partial charge in [-0.1, -0.05) is 34.4 Å². The zero-order chi connectivity index (χ0) is 22.4. The van der Waals surface area contributed by atoms with Crippen LogP contribution in [0.5, 0.6) is 0 Å². The van der Waals surface area contributed by atoms with Gasteiger partial charge in [-0.2, -0.15) is 18.3 Å². The van der Waals surface area contributed by atoms with Gasteiger partial charge in [-0.15, -0.1) is 0 Å². The topological polar surface area (TPSA) is 64.7 Å². The fraction of sp³-hybridized carbons (Fsp3) is 0.158. The van der Waals surface area contributed by atoms with E-state index in [1.165, 1.54) is 23.4 Å². The maximum atomic E-state index is 14.1. The van der Waals surface area contributed by atoms with Crippen LogP contribution in [-0.4, -0.2) is 33.4 Å². The minimum Gasteiger partial charge on any atom is -0.374 e. The number of halogens is 6. The van der Waals surface area contributed by atoms with Crippen molar-refractivity contribution in [2.45, 2.75) is 18.2 Å². The predicted octanol–water partition coefficient (Wildman–Crippen LogP) is 5.63. The molecular formula is C19H11Cl2F4N5O. The molecule has 2 aromatic carbocycles. The third-order valence-electron chi connectivity index (χ3n) is 4.78. The average Bonchev–Trinajstić information content (AvgIpc) is 3.41. The van der Waals surface area contributed by atoms with Gasteiger partial charge in [0.05, 0.1) is 27.1 Å². The molecule has 4 rings (SSSR count). The Morgan fingerprint density at radius 1 is 1.16 bits per heavy atom. The average molecular weight is 472 g/mol. The van der Waals surface area contributed by atoms with Crippen LogP contribution in [0.25, 0.3) is 5.69 Å². The van der Waals surface area contributed by atoms with Crippen LogP contribution in [-0.2, 0) is 10.4 Å². The summed E-state index contributed by atoms with van der Waals surface area (Å²) in [6.07, 6.45) is -2.82. The maximum absolute atomic E-state index is 14.1. The van der Waals surface area contributed by atoms with Gasteiger partial charge in [-0.05, 0) is 31.0 Å². The lowest BCUT2D eigenvalue weighted by molar-refractivity contribution is -0.275. The van der Waals surface area contributed by atoms with Crippen LogP contribution >= 0.6 is 23.2 Å². The van der Waals surface area contributed by atoms with Crippen molar-refractivity contribution >= 4 is 41.3 Å². The smallest absolute Gasteiger partial charge is 0.374 e.